The molecule has 6 heteroatoms. The number of benzene rings is 1. The standard InChI is InChI=1S/C31H39FN2O2S/c1-18(17-36-19(2)35)23-11-12-24-22-9-10-26-28-27(14-16-31(26,4)25(22)13-15-30(23,24)3)34-29(37-28)33-21-7-5-20(32)6-8-21/h5-8,10,18,22-25H,9,11-17H2,1-4H3,(H,33,34)/t18-,22+,23-,24+,25+,30-,31-/m1/s1. The third-order valence-electron chi connectivity index (χ3n) is 10.7. The summed E-state index contributed by atoms with van der Waals surface area (Å²) in [6, 6.07) is 6.51. The fourth-order valence-electron chi connectivity index (χ4n) is 8.93. The minimum absolute atomic E-state index is 0.163. The Morgan fingerprint density at radius 3 is 2.73 bits per heavy atom. The largest absolute Gasteiger partial charge is 0.466 e. The number of anilines is 2. The fourth-order valence-corrected chi connectivity index (χ4v) is 10.1. The van der Waals surface area contributed by atoms with Crippen LogP contribution in [0.25, 0.3) is 5.57 Å². The summed E-state index contributed by atoms with van der Waals surface area (Å²) in [5.74, 6) is 2.88. The van der Waals surface area contributed by atoms with E-state index >= 15 is 0 Å². The van der Waals surface area contributed by atoms with Gasteiger partial charge in [0.05, 0.1) is 17.2 Å². The molecule has 4 aliphatic carbocycles. The van der Waals surface area contributed by atoms with Gasteiger partial charge in [-0.2, -0.15) is 0 Å². The van der Waals surface area contributed by atoms with E-state index in [1.54, 1.807) is 23.5 Å². The van der Waals surface area contributed by atoms with Gasteiger partial charge in [-0.1, -0.05) is 38.2 Å². The Balaban J connectivity index is 1.24. The third kappa shape index (κ3) is 4.14. The number of nitrogens with one attached hydrogen (secondary N) is 1. The van der Waals surface area contributed by atoms with Gasteiger partial charge in [0.15, 0.2) is 5.13 Å². The number of carbonyl (C=O) groups is 1. The van der Waals surface area contributed by atoms with Crippen LogP contribution in [0.3, 0.4) is 0 Å². The topological polar surface area (TPSA) is 51.2 Å². The number of aromatic nitrogens is 1. The predicted molar refractivity (Wildman–Crippen MR) is 147 cm³/mol. The number of esters is 1. The lowest BCUT2D eigenvalue weighted by Gasteiger charge is -2.57. The summed E-state index contributed by atoms with van der Waals surface area (Å²) in [5.41, 5.74) is 4.18. The van der Waals surface area contributed by atoms with Crippen molar-refractivity contribution < 1.29 is 13.9 Å². The van der Waals surface area contributed by atoms with Crippen LogP contribution in [-0.2, 0) is 16.0 Å². The number of allylic oxidation sites excluding steroid dienone is 2. The van der Waals surface area contributed by atoms with E-state index in [1.807, 2.05) is 0 Å². The number of thiazole rings is 1. The van der Waals surface area contributed by atoms with Crippen molar-refractivity contribution >= 4 is 33.7 Å². The highest BCUT2D eigenvalue weighted by molar-refractivity contribution is 7.16. The number of ether oxygens (including phenoxy) is 1. The lowest BCUT2D eigenvalue weighted by atomic mass is 9.47. The summed E-state index contributed by atoms with van der Waals surface area (Å²) in [6.45, 7) is 9.44. The number of hydrogen-bond donors (Lipinski definition) is 1. The molecule has 0 saturated heterocycles. The Labute approximate surface area is 224 Å². The van der Waals surface area contributed by atoms with Crippen LogP contribution in [0.1, 0.15) is 76.8 Å². The van der Waals surface area contributed by atoms with Crippen LogP contribution in [0.4, 0.5) is 15.2 Å². The molecule has 0 radical (unpaired) electrons. The van der Waals surface area contributed by atoms with Crippen LogP contribution in [0, 0.1) is 46.2 Å². The summed E-state index contributed by atoms with van der Waals surface area (Å²) in [5, 5.41) is 4.31. The number of halogens is 1. The van der Waals surface area contributed by atoms with Gasteiger partial charge in [0.2, 0.25) is 0 Å². The molecule has 2 fully saturated rings. The molecule has 4 aliphatic rings. The van der Waals surface area contributed by atoms with Gasteiger partial charge < -0.3 is 10.1 Å². The smallest absolute Gasteiger partial charge is 0.302 e. The monoisotopic (exact) mass is 522 g/mol. The van der Waals surface area contributed by atoms with E-state index in [1.165, 1.54) is 73.7 Å². The van der Waals surface area contributed by atoms with Gasteiger partial charge in [-0.3, -0.25) is 4.79 Å². The molecular formula is C31H39FN2O2S. The molecule has 1 aromatic carbocycles. The molecule has 0 amide bonds. The SMILES string of the molecule is CC(=O)OC[C@@H](C)[C@H]1CC[C@H]2[C@@H]3CC=C4c5sc(Nc6ccc(F)cc6)nc5CC[C@]4(C)[C@H]3CC[C@]12C. The van der Waals surface area contributed by atoms with Crippen LogP contribution in [0.2, 0.25) is 0 Å². The molecule has 7 atom stereocenters. The van der Waals surface area contributed by atoms with E-state index in [-0.39, 0.29) is 17.2 Å². The van der Waals surface area contributed by atoms with Crippen molar-refractivity contribution in [2.24, 2.45) is 40.4 Å². The zero-order valence-electron chi connectivity index (χ0n) is 22.5. The summed E-state index contributed by atoms with van der Waals surface area (Å²) in [4.78, 5) is 17.7. The van der Waals surface area contributed by atoms with E-state index < -0.39 is 0 Å². The van der Waals surface area contributed by atoms with Crippen molar-refractivity contribution in [1.29, 1.82) is 0 Å². The zero-order valence-corrected chi connectivity index (χ0v) is 23.3. The number of hydrogen-bond acceptors (Lipinski definition) is 5. The molecule has 2 aromatic rings. The van der Waals surface area contributed by atoms with Gasteiger partial charge in [-0.25, -0.2) is 9.37 Å². The average molecular weight is 523 g/mol. The normalized spacial score (nSPS) is 34.9. The Morgan fingerprint density at radius 1 is 1.19 bits per heavy atom. The number of rotatable bonds is 5. The second-order valence-corrected chi connectivity index (χ2v) is 13.6. The Morgan fingerprint density at radius 2 is 1.97 bits per heavy atom. The van der Waals surface area contributed by atoms with Crippen LogP contribution >= 0.6 is 11.3 Å². The molecule has 0 unspecified atom stereocenters. The predicted octanol–water partition coefficient (Wildman–Crippen LogP) is 8.02. The van der Waals surface area contributed by atoms with Crippen molar-refractivity contribution in [2.75, 3.05) is 11.9 Å². The van der Waals surface area contributed by atoms with Crippen LogP contribution in [-0.4, -0.2) is 17.6 Å². The zero-order chi connectivity index (χ0) is 25.9. The quantitative estimate of drug-likeness (QED) is 0.404. The molecule has 2 saturated carbocycles. The summed E-state index contributed by atoms with van der Waals surface area (Å²) < 4.78 is 18.8. The molecule has 1 heterocycles. The first-order valence-electron chi connectivity index (χ1n) is 14.1. The van der Waals surface area contributed by atoms with Gasteiger partial charge >= 0.3 is 5.97 Å². The lowest BCUT2D eigenvalue weighted by molar-refractivity contribution is -0.143. The summed E-state index contributed by atoms with van der Waals surface area (Å²) >= 11 is 1.76. The van der Waals surface area contributed by atoms with Crippen molar-refractivity contribution in [1.82, 2.24) is 4.98 Å². The highest BCUT2D eigenvalue weighted by Crippen LogP contribution is 2.68. The Kier molecular flexibility index (Phi) is 6.25. The average Bonchev–Trinajstić information content (AvgIpc) is 3.44. The minimum Gasteiger partial charge on any atom is -0.466 e. The molecular weight excluding hydrogens is 483 g/mol. The first-order chi connectivity index (χ1) is 17.7. The van der Waals surface area contributed by atoms with Crippen LogP contribution < -0.4 is 5.32 Å². The van der Waals surface area contributed by atoms with Gasteiger partial charge in [0, 0.05) is 12.6 Å². The molecule has 37 heavy (non-hydrogen) atoms. The number of carbonyl (C=O) groups excluding carboxylic acids is 1. The molecule has 6 rings (SSSR count). The minimum atomic E-state index is -0.224. The van der Waals surface area contributed by atoms with Gasteiger partial charge in [0.25, 0.3) is 0 Å². The molecule has 0 aliphatic heterocycles. The Bertz CT molecular complexity index is 1220. The van der Waals surface area contributed by atoms with Crippen LogP contribution in [0.15, 0.2) is 30.3 Å². The van der Waals surface area contributed by atoms with E-state index in [4.69, 9.17) is 9.72 Å². The molecule has 198 valence electrons. The van der Waals surface area contributed by atoms with Crippen molar-refractivity contribution in [2.45, 2.75) is 72.6 Å². The second kappa shape index (κ2) is 9.21. The van der Waals surface area contributed by atoms with Crippen molar-refractivity contribution in [3.05, 3.63) is 46.7 Å². The maximum atomic E-state index is 13.3. The first kappa shape index (κ1) is 25.1. The molecule has 1 aromatic heterocycles. The third-order valence-corrected chi connectivity index (χ3v) is 11.7. The van der Waals surface area contributed by atoms with Crippen molar-refractivity contribution in [3.63, 3.8) is 0 Å². The highest BCUT2D eigenvalue weighted by atomic mass is 32.1. The summed E-state index contributed by atoms with van der Waals surface area (Å²) in [6.07, 6.45) is 11.1. The molecule has 1 N–H and O–H groups in total. The van der Waals surface area contributed by atoms with Gasteiger partial charge in [-0.05, 0) is 115 Å². The maximum absolute atomic E-state index is 13.3. The van der Waals surface area contributed by atoms with E-state index in [0.717, 1.165) is 35.0 Å². The second-order valence-electron chi connectivity index (χ2n) is 12.6. The van der Waals surface area contributed by atoms with E-state index in [2.05, 4.69) is 32.2 Å². The molecule has 0 bridgehead atoms. The van der Waals surface area contributed by atoms with E-state index in [0.29, 0.717) is 23.9 Å². The van der Waals surface area contributed by atoms with Gasteiger partial charge in [0.1, 0.15) is 5.82 Å². The first-order valence-corrected chi connectivity index (χ1v) is 14.9. The van der Waals surface area contributed by atoms with Gasteiger partial charge in [-0.15, -0.1) is 0 Å². The maximum Gasteiger partial charge on any atom is 0.302 e. The fraction of sp³-hybridized carbons (Fsp3) is 0.613. The van der Waals surface area contributed by atoms with Crippen molar-refractivity contribution in [3.8, 4) is 0 Å². The van der Waals surface area contributed by atoms with Crippen LogP contribution in [0.5, 0.6) is 0 Å². The molecule has 0 spiro atoms. The lowest BCUT2D eigenvalue weighted by Crippen LogP contribution is -2.50. The Hall–Kier alpha value is -2.21. The number of nitrogens with zero attached hydrogens (tertiary/aromatic N) is 1. The number of aryl methyl sites for hydroxylation is 1. The summed E-state index contributed by atoms with van der Waals surface area (Å²) in [7, 11) is 0. The molecule has 4 nitrogen and oxygen atoms in total. The highest BCUT2D eigenvalue weighted by Gasteiger charge is 2.59. The number of fused-ring (bicyclic) bond motifs is 7. The van der Waals surface area contributed by atoms with E-state index in [9.17, 15) is 9.18 Å².